The Bertz CT molecular complexity index is 317. The maximum atomic E-state index is 9.23. The zero-order chi connectivity index (χ0) is 17.5. The van der Waals surface area contributed by atoms with Gasteiger partial charge >= 0.3 is 0 Å². The summed E-state index contributed by atoms with van der Waals surface area (Å²) in [7, 11) is 0. The quantitative estimate of drug-likeness (QED) is 0.381. The summed E-state index contributed by atoms with van der Waals surface area (Å²) in [5, 5.41) is 9.23. The molecule has 1 aliphatic rings. The number of amidine groups is 1. The van der Waals surface area contributed by atoms with E-state index in [2.05, 4.69) is 18.7 Å². The van der Waals surface area contributed by atoms with Gasteiger partial charge in [0.1, 0.15) is 0 Å². The molecular formula is C21H42N2O. The molecule has 1 aliphatic heterocycles. The van der Waals surface area contributed by atoms with Crippen LogP contribution in [-0.4, -0.2) is 42.1 Å². The van der Waals surface area contributed by atoms with E-state index in [0.29, 0.717) is 0 Å². The Labute approximate surface area is 150 Å². The van der Waals surface area contributed by atoms with E-state index in [9.17, 15) is 5.11 Å². The normalized spacial score (nSPS) is 15.8. The van der Waals surface area contributed by atoms with Crippen LogP contribution in [0.15, 0.2) is 4.99 Å². The van der Waals surface area contributed by atoms with Crippen LogP contribution in [0.5, 0.6) is 0 Å². The monoisotopic (exact) mass is 338 g/mol. The van der Waals surface area contributed by atoms with Crippen LogP contribution in [0.3, 0.4) is 0 Å². The smallest absolute Gasteiger partial charge is 0.0993 e. The van der Waals surface area contributed by atoms with Gasteiger partial charge in [-0.3, -0.25) is 4.99 Å². The third kappa shape index (κ3) is 9.66. The lowest BCUT2D eigenvalue weighted by Gasteiger charge is -2.23. The van der Waals surface area contributed by atoms with E-state index in [-0.39, 0.29) is 6.61 Å². The molecule has 0 saturated carbocycles. The molecule has 0 aromatic rings. The number of β-amino-alcohol motifs (C(OH)–C–C–N with tert-alkyl or cyclic N) is 1. The molecule has 24 heavy (non-hydrogen) atoms. The Morgan fingerprint density at radius 2 is 1.50 bits per heavy atom. The van der Waals surface area contributed by atoms with Gasteiger partial charge in [-0.2, -0.15) is 0 Å². The predicted molar refractivity (Wildman–Crippen MR) is 106 cm³/mol. The van der Waals surface area contributed by atoms with Gasteiger partial charge in [-0.25, -0.2) is 0 Å². The fourth-order valence-corrected chi connectivity index (χ4v) is 3.76. The summed E-state index contributed by atoms with van der Waals surface area (Å²) >= 11 is 0. The first-order chi connectivity index (χ1) is 11.8. The summed E-state index contributed by atoms with van der Waals surface area (Å²) in [6.07, 6.45) is 17.7. The van der Waals surface area contributed by atoms with E-state index in [1.54, 1.807) is 0 Å². The number of aliphatic hydroxyl groups is 1. The summed E-state index contributed by atoms with van der Waals surface area (Å²) in [4.78, 5) is 7.03. The molecule has 0 bridgehead atoms. The zero-order valence-corrected chi connectivity index (χ0v) is 16.4. The van der Waals surface area contributed by atoms with E-state index >= 15 is 0 Å². The first kappa shape index (κ1) is 21.5. The molecule has 0 amide bonds. The Morgan fingerprint density at radius 3 is 2.12 bits per heavy atom. The zero-order valence-electron chi connectivity index (χ0n) is 16.4. The molecule has 0 spiro atoms. The van der Waals surface area contributed by atoms with Crippen LogP contribution in [0.25, 0.3) is 0 Å². The second kappa shape index (κ2) is 14.7. The number of hydrogen-bond acceptors (Lipinski definition) is 3. The fourth-order valence-electron chi connectivity index (χ4n) is 3.76. The Kier molecular flexibility index (Phi) is 13.2. The molecule has 0 saturated heterocycles. The number of unbranched alkanes of at least 4 members (excludes halogenated alkanes) is 8. The van der Waals surface area contributed by atoms with Crippen molar-refractivity contribution in [2.24, 2.45) is 10.9 Å². The van der Waals surface area contributed by atoms with Crippen molar-refractivity contribution < 1.29 is 5.11 Å². The van der Waals surface area contributed by atoms with Gasteiger partial charge in [-0.05, 0) is 5.92 Å². The highest BCUT2D eigenvalue weighted by atomic mass is 16.3. The lowest BCUT2D eigenvalue weighted by molar-refractivity contribution is 0.253. The average molecular weight is 339 g/mol. The van der Waals surface area contributed by atoms with Gasteiger partial charge in [0.05, 0.1) is 19.0 Å². The number of rotatable bonds is 16. The lowest BCUT2D eigenvalue weighted by atomic mass is 9.91. The van der Waals surface area contributed by atoms with Crippen molar-refractivity contribution in [1.29, 1.82) is 0 Å². The minimum atomic E-state index is 0.248. The maximum absolute atomic E-state index is 9.23. The highest BCUT2D eigenvalue weighted by Gasteiger charge is 2.20. The van der Waals surface area contributed by atoms with Crippen LogP contribution < -0.4 is 0 Å². The predicted octanol–water partition coefficient (Wildman–Crippen LogP) is 5.42. The maximum Gasteiger partial charge on any atom is 0.0993 e. The summed E-state index contributed by atoms with van der Waals surface area (Å²) in [6, 6.07) is 0. The Morgan fingerprint density at radius 1 is 0.917 bits per heavy atom. The molecule has 0 aliphatic carbocycles. The van der Waals surface area contributed by atoms with Crippen LogP contribution in [0.1, 0.15) is 97.3 Å². The Balaban J connectivity index is 2.33. The number of hydrogen-bond donors (Lipinski definition) is 1. The minimum Gasteiger partial charge on any atom is -0.395 e. The topological polar surface area (TPSA) is 35.8 Å². The van der Waals surface area contributed by atoms with Gasteiger partial charge in [-0.15, -0.1) is 0 Å². The molecule has 1 atom stereocenters. The molecule has 1 unspecified atom stereocenters. The number of aliphatic imine (C=N–C) groups is 1. The summed E-state index contributed by atoms with van der Waals surface area (Å²) in [6.45, 7) is 7.51. The van der Waals surface area contributed by atoms with Gasteiger partial charge in [-0.1, -0.05) is 90.9 Å². The first-order valence-corrected chi connectivity index (χ1v) is 10.7. The van der Waals surface area contributed by atoms with Crippen molar-refractivity contribution in [2.45, 2.75) is 97.3 Å². The average Bonchev–Trinajstić information content (AvgIpc) is 3.01. The van der Waals surface area contributed by atoms with Gasteiger partial charge in [0, 0.05) is 19.5 Å². The largest absolute Gasteiger partial charge is 0.395 e. The lowest BCUT2D eigenvalue weighted by Crippen LogP contribution is -2.32. The molecule has 142 valence electrons. The Hall–Kier alpha value is -0.570. The summed E-state index contributed by atoms with van der Waals surface area (Å²) in [5.41, 5.74) is 0. The van der Waals surface area contributed by atoms with E-state index in [1.165, 1.54) is 82.9 Å². The van der Waals surface area contributed by atoms with Crippen molar-refractivity contribution in [2.75, 3.05) is 26.2 Å². The van der Waals surface area contributed by atoms with E-state index in [4.69, 9.17) is 4.99 Å². The molecule has 1 rings (SSSR count). The minimum absolute atomic E-state index is 0.248. The molecular weight excluding hydrogens is 296 g/mol. The van der Waals surface area contributed by atoms with E-state index in [0.717, 1.165) is 32.0 Å². The van der Waals surface area contributed by atoms with Crippen LogP contribution >= 0.6 is 0 Å². The van der Waals surface area contributed by atoms with Crippen molar-refractivity contribution in [3.63, 3.8) is 0 Å². The van der Waals surface area contributed by atoms with Gasteiger partial charge in [0.25, 0.3) is 0 Å². The molecule has 0 aromatic heterocycles. The van der Waals surface area contributed by atoms with Crippen LogP contribution in [0.2, 0.25) is 0 Å². The number of aliphatic hydroxyl groups excluding tert-OH is 1. The summed E-state index contributed by atoms with van der Waals surface area (Å²) in [5.74, 6) is 2.07. The highest BCUT2D eigenvalue weighted by molar-refractivity contribution is 5.83. The molecule has 1 heterocycles. The molecule has 0 radical (unpaired) electrons. The third-order valence-corrected chi connectivity index (χ3v) is 5.30. The van der Waals surface area contributed by atoms with Crippen molar-refractivity contribution in [1.82, 2.24) is 4.90 Å². The second-order valence-electron chi connectivity index (χ2n) is 7.48. The van der Waals surface area contributed by atoms with E-state index in [1.807, 2.05) is 0 Å². The van der Waals surface area contributed by atoms with Gasteiger partial charge in [0.15, 0.2) is 0 Å². The van der Waals surface area contributed by atoms with Crippen molar-refractivity contribution in [3.8, 4) is 0 Å². The SMILES string of the molecule is CCCCCCCCC(CCCCCC)CC1=NCCN1CCO. The molecule has 1 N–H and O–H groups in total. The number of nitrogens with zero attached hydrogens (tertiary/aromatic N) is 2. The fraction of sp³-hybridized carbons (Fsp3) is 0.952. The van der Waals surface area contributed by atoms with Crippen LogP contribution in [0.4, 0.5) is 0 Å². The first-order valence-electron chi connectivity index (χ1n) is 10.7. The van der Waals surface area contributed by atoms with E-state index < -0.39 is 0 Å². The standard InChI is InChI=1S/C21H42N2O/c1-3-5-7-9-10-12-14-20(13-11-8-6-4-2)19-21-22-15-16-23(21)17-18-24/h20,24H,3-19H2,1-2H3. The third-order valence-electron chi connectivity index (χ3n) is 5.30. The second-order valence-corrected chi connectivity index (χ2v) is 7.48. The highest BCUT2D eigenvalue weighted by Crippen LogP contribution is 2.24. The van der Waals surface area contributed by atoms with Gasteiger partial charge < -0.3 is 10.0 Å². The van der Waals surface area contributed by atoms with Crippen molar-refractivity contribution in [3.05, 3.63) is 0 Å². The molecule has 0 aromatic carbocycles. The molecule has 0 fully saturated rings. The van der Waals surface area contributed by atoms with Crippen LogP contribution in [0, 0.1) is 5.92 Å². The molecule has 3 heteroatoms. The molecule has 3 nitrogen and oxygen atoms in total. The summed E-state index contributed by atoms with van der Waals surface area (Å²) < 4.78 is 0. The van der Waals surface area contributed by atoms with Crippen LogP contribution in [-0.2, 0) is 0 Å². The van der Waals surface area contributed by atoms with Gasteiger partial charge in [0.2, 0.25) is 0 Å². The van der Waals surface area contributed by atoms with Crippen molar-refractivity contribution >= 4 is 5.84 Å².